The Kier molecular flexibility index (Phi) is 71.5. The van der Waals surface area contributed by atoms with Crippen molar-refractivity contribution in [3.63, 3.8) is 0 Å². The molecule has 2 heterocycles. The number of likely N-dealkylation sites (tertiary alicyclic amines) is 2. The largest absolute Gasteiger partial charge is 0.463 e. The van der Waals surface area contributed by atoms with E-state index in [1.807, 2.05) is 0 Å². The molecule has 2 aliphatic rings. The average molecular weight is 2040 g/mol. The Morgan fingerprint density at radius 1 is 0.399 bits per heavy atom. The highest BCUT2D eigenvalue weighted by Gasteiger charge is 2.45. The third-order valence-corrected chi connectivity index (χ3v) is 21.8. The SMILES string of the molecule is COCCOC(=O)CCCC(=O)N(CCC(=O)CCCCC[C@H](N[C@@H](CCC(N)=O)C(=O)C(=O)[C@@H]1CCCN1C(=O)C(CC(C)C)NC(=O)[C@H](CCCN=C(N)N)NC(=O)CNN)C(N)=O)CCN(CCC(=O)NCCCC[C@H](N[C@@H](CCC(N)=O)C(=O)C(=O)[C@@H]1CCCN1C(=O)C(CC(C)C)NC(=O)[C@H](CCCN=C(N)N)NC(=O)CNN)C(N)=O)C(=O)CCNC(=O)OCCOC.S.S.S.S. The van der Waals surface area contributed by atoms with Crippen molar-refractivity contribution < 1.29 is 115 Å². The lowest BCUT2D eigenvalue weighted by molar-refractivity contribution is -0.146. The first-order valence-corrected chi connectivity index (χ1v) is 45.6. The van der Waals surface area contributed by atoms with Crippen LogP contribution < -0.4 is 111 Å². The molecule has 30 N–H and O–H groups in total. The lowest BCUT2D eigenvalue weighted by Crippen LogP contribution is -2.58. The summed E-state index contributed by atoms with van der Waals surface area (Å²) in [6.07, 6.45) is -1.12. The predicted molar refractivity (Wildman–Crippen MR) is 528 cm³/mol. The molecule has 0 saturated carbocycles. The molecule has 790 valence electrons. The van der Waals surface area contributed by atoms with Crippen molar-refractivity contribution in [1.29, 1.82) is 0 Å². The Hall–Kier alpha value is -10.2. The number of ketones is 5. The monoisotopic (exact) mass is 2040 g/mol. The number of nitrogens with one attached hydrogen (secondary N) is 10. The second-order valence-electron chi connectivity index (χ2n) is 33.6. The highest BCUT2D eigenvalue weighted by atomic mass is 32.1. The summed E-state index contributed by atoms with van der Waals surface area (Å²) in [7, 11) is 2.82. The number of primary amides is 4. The number of rotatable bonds is 75. The van der Waals surface area contributed by atoms with Gasteiger partial charge in [0.15, 0.2) is 11.9 Å². The summed E-state index contributed by atoms with van der Waals surface area (Å²) < 4.78 is 20.1. The second-order valence-corrected chi connectivity index (χ2v) is 33.6. The molecule has 2 aliphatic heterocycles. The van der Waals surface area contributed by atoms with E-state index < -0.39 is 185 Å². The maximum atomic E-state index is 14.5. The summed E-state index contributed by atoms with van der Waals surface area (Å²) in [5.41, 5.74) is 48.9. The van der Waals surface area contributed by atoms with Gasteiger partial charge in [0, 0.05) is 131 Å². The second kappa shape index (κ2) is 74.8. The quantitative estimate of drug-likeness (QED) is 0.00512. The van der Waals surface area contributed by atoms with Gasteiger partial charge in [-0.1, -0.05) is 40.5 Å². The number of amides is 14. The number of nitrogens with two attached hydrogens (primary N) is 10. The van der Waals surface area contributed by atoms with Crippen molar-refractivity contribution in [2.24, 2.45) is 79.4 Å². The third kappa shape index (κ3) is 55.0. The number of hydrazine groups is 2. The van der Waals surface area contributed by atoms with Gasteiger partial charge in [-0.2, -0.15) is 54.0 Å². The van der Waals surface area contributed by atoms with Crippen molar-refractivity contribution in [2.45, 2.75) is 268 Å². The minimum absolute atomic E-state index is 0. The molecule has 0 aromatic carbocycles. The van der Waals surface area contributed by atoms with Gasteiger partial charge in [0.1, 0.15) is 43.2 Å². The van der Waals surface area contributed by atoms with Gasteiger partial charge in [0.25, 0.3) is 0 Å². The number of aliphatic imine (C=N–C) groups is 2. The summed E-state index contributed by atoms with van der Waals surface area (Å²) in [5.74, 6) is -4.51. The van der Waals surface area contributed by atoms with E-state index in [-0.39, 0.29) is 349 Å². The number of ether oxygens (including phenoxy) is 4. The highest BCUT2D eigenvalue weighted by molar-refractivity contribution is 7.59. The first kappa shape index (κ1) is 132. The van der Waals surface area contributed by atoms with Crippen molar-refractivity contribution in [1.82, 2.24) is 73.0 Å². The number of guanidine groups is 2. The van der Waals surface area contributed by atoms with Gasteiger partial charge in [0.2, 0.25) is 99.9 Å². The van der Waals surface area contributed by atoms with Crippen LogP contribution in [0.15, 0.2) is 9.98 Å². The molecule has 0 spiro atoms. The van der Waals surface area contributed by atoms with Gasteiger partial charge in [-0.25, -0.2) is 4.79 Å². The van der Waals surface area contributed by atoms with Crippen molar-refractivity contribution in [2.75, 3.05) is 119 Å². The first-order chi connectivity index (χ1) is 63.6. The molecule has 0 bridgehead atoms. The number of Topliss-reactive ketones (excluding diaryl/α,β-unsaturated/α-hetero) is 5. The van der Waals surface area contributed by atoms with Gasteiger partial charge in [-0.05, 0) is 127 Å². The molecule has 50 nitrogen and oxygen atoms in total. The van der Waals surface area contributed by atoms with Gasteiger partial charge in [-0.15, -0.1) is 0 Å². The molecule has 2 saturated heterocycles. The maximum Gasteiger partial charge on any atom is 0.407 e. The van der Waals surface area contributed by atoms with Crippen LogP contribution in [0.5, 0.6) is 0 Å². The summed E-state index contributed by atoms with van der Waals surface area (Å²) in [6.45, 7) is 5.79. The summed E-state index contributed by atoms with van der Waals surface area (Å²) in [6, 6.07) is -13.0. The molecular formula is C84H156N26O24S4. The van der Waals surface area contributed by atoms with E-state index in [2.05, 4.69) is 63.4 Å². The lowest BCUT2D eigenvalue weighted by Gasteiger charge is -2.31. The van der Waals surface area contributed by atoms with Gasteiger partial charge in [0.05, 0.1) is 62.6 Å². The molecule has 2 fully saturated rings. The van der Waals surface area contributed by atoms with Crippen LogP contribution in [-0.4, -0.2) is 329 Å². The molecule has 10 atom stereocenters. The normalized spacial score (nSPS) is 14.8. The molecule has 0 aromatic rings. The van der Waals surface area contributed by atoms with Crippen LogP contribution in [0.4, 0.5) is 4.79 Å². The number of hydrogen-bond acceptors (Lipinski definition) is 32. The summed E-state index contributed by atoms with van der Waals surface area (Å²) in [4.78, 5) is 283. The highest BCUT2D eigenvalue weighted by Crippen LogP contribution is 2.26. The number of methoxy groups -OCH3 is 2. The Morgan fingerprint density at radius 2 is 0.819 bits per heavy atom. The summed E-state index contributed by atoms with van der Waals surface area (Å²) >= 11 is 0. The Balaban J connectivity index is -0.0000456. The zero-order chi connectivity index (χ0) is 100. The van der Waals surface area contributed by atoms with Crippen LogP contribution in [0, 0.1) is 11.8 Å². The van der Waals surface area contributed by atoms with E-state index in [0.717, 1.165) is 0 Å². The van der Waals surface area contributed by atoms with E-state index >= 15 is 0 Å². The molecule has 0 aliphatic carbocycles. The van der Waals surface area contributed by atoms with E-state index in [0.29, 0.717) is 6.42 Å². The third-order valence-electron chi connectivity index (χ3n) is 21.8. The number of carbonyl (C=O) groups is 20. The molecular weight excluding hydrogens is 1890 g/mol. The van der Waals surface area contributed by atoms with Crippen LogP contribution in [0.1, 0.15) is 207 Å². The Morgan fingerprint density at radius 3 is 1.23 bits per heavy atom. The number of unbranched alkanes of at least 4 members (excludes halogenated alkanes) is 3. The minimum atomic E-state index is -1.51. The number of alkyl carbamates (subject to hydrolysis) is 1. The van der Waals surface area contributed by atoms with E-state index in [9.17, 15) is 95.9 Å². The van der Waals surface area contributed by atoms with Crippen molar-refractivity contribution in [3.8, 4) is 0 Å². The minimum Gasteiger partial charge on any atom is -0.463 e. The maximum absolute atomic E-state index is 14.5. The number of esters is 1. The average Bonchev–Trinajstić information content (AvgIpc) is 1.37. The smallest absolute Gasteiger partial charge is 0.407 e. The zero-order valence-electron chi connectivity index (χ0n) is 80.3. The molecule has 0 radical (unpaired) electrons. The van der Waals surface area contributed by atoms with E-state index in [1.54, 1.807) is 27.7 Å². The van der Waals surface area contributed by atoms with E-state index in [1.165, 1.54) is 33.8 Å². The lowest BCUT2D eigenvalue weighted by atomic mass is 9.95. The van der Waals surface area contributed by atoms with Crippen LogP contribution in [0.3, 0.4) is 0 Å². The number of nitrogens with zero attached hydrogens (tertiary/aromatic N) is 6. The molecule has 138 heavy (non-hydrogen) atoms. The molecule has 2 unspecified atom stereocenters. The number of hydrogen-bond donors (Lipinski definition) is 20. The fourth-order valence-corrected chi connectivity index (χ4v) is 14.9. The standard InChI is InChI=1S/C84H148N26O24.4H2S/c1-51(2)47-60(105-78(126)58(103-67(115)49-99-93)20-13-34-96-82(89)90)80(128)109-37-15-22-62(109)74(122)72(120)54(26-28-64(85)112)101-56(76(87)124)18-9-7-8-17-53(111)31-39-107(69(117)24-12-25-71(119)133-45-43-131-5)41-42-108(70(118)30-36-98-84(130)134-46-44-132-6)40-32-66(114)95-33-11-10-19-57(77(88)125)102-55(27-29-65(86)113)73(121)75(123)63-23-16-38-110(63)81(129)61(48-52(3)4)106-79(127)59(104-68(116)50-100-94)21-14-35-97-83(91)92;;;;/h51-52,54-63,99-102H,7-50,93-94H2,1-6H3,(H2,85,112)(H2,86,113)(H2,87,124)(H2,88,125)(H,95,114)(H,98,130)(H,103,115)(H,104,116)(H,105,126)(H,106,127)(H4,89,90,96)(H4,91,92,97);4*1H2/t54-,55-,56-,57-,58-,59-,60?,61?,62-,63-;;;;/m0..../s1. The van der Waals surface area contributed by atoms with Crippen LogP contribution >= 0.6 is 54.0 Å². The fraction of sp³-hybridized carbons (Fsp3) is 0.738. The first-order valence-electron chi connectivity index (χ1n) is 45.6. The van der Waals surface area contributed by atoms with E-state index in [4.69, 9.17) is 76.5 Å². The Bertz CT molecular complexity index is 3690. The number of carbonyl (C=O) groups excluding carboxylic acids is 20. The van der Waals surface area contributed by atoms with Gasteiger partial charge in [-0.3, -0.25) is 134 Å². The topological polar surface area (TPSA) is 796 Å². The molecule has 14 amide bonds. The summed E-state index contributed by atoms with van der Waals surface area (Å²) in [5, 5.41) is 21.5. The molecule has 54 heteroatoms. The molecule has 2 rings (SSSR count). The molecule has 0 aromatic heterocycles. The van der Waals surface area contributed by atoms with Crippen molar-refractivity contribution >= 4 is 184 Å². The van der Waals surface area contributed by atoms with Crippen molar-refractivity contribution in [3.05, 3.63) is 0 Å². The predicted octanol–water partition coefficient (Wildman–Crippen LogP) is -6.72. The van der Waals surface area contributed by atoms with Gasteiger partial charge < -0.3 is 116 Å². The van der Waals surface area contributed by atoms with Crippen LogP contribution in [-0.2, 0) is 110 Å². The van der Waals surface area contributed by atoms with Gasteiger partial charge >= 0.3 is 12.1 Å². The Labute approximate surface area is 833 Å². The zero-order valence-corrected chi connectivity index (χ0v) is 84.3. The van der Waals surface area contributed by atoms with Crippen LogP contribution in [0.25, 0.3) is 0 Å². The fourth-order valence-electron chi connectivity index (χ4n) is 14.9. The van der Waals surface area contributed by atoms with Crippen LogP contribution in [0.2, 0.25) is 0 Å².